The third-order valence-corrected chi connectivity index (χ3v) is 3.85. The van der Waals surface area contributed by atoms with E-state index in [0.717, 1.165) is 29.1 Å². The van der Waals surface area contributed by atoms with Gasteiger partial charge in [0.15, 0.2) is 0 Å². The summed E-state index contributed by atoms with van der Waals surface area (Å²) in [7, 11) is 0. The first-order valence-electron chi connectivity index (χ1n) is 6.04. The highest BCUT2D eigenvalue weighted by Crippen LogP contribution is 2.30. The van der Waals surface area contributed by atoms with Crippen LogP contribution >= 0.6 is 11.3 Å². The number of thiophene rings is 1. The molecule has 2 atom stereocenters. The van der Waals surface area contributed by atoms with Crippen LogP contribution in [0.15, 0.2) is 11.4 Å². The van der Waals surface area contributed by atoms with Gasteiger partial charge in [-0.2, -0.15) is 4.98 Å². The van der Waals surface area contributed by atoms with E-state index in [4.69, 9.17) is 10.5 Å². The fourth-order valence-electron chi connectivity index (χ4n) is 2.45. The summed E-state index contributed by atoms with van der Waals surface area (Å²) in [6, 6.07) is 2.06. The second kappa shape index (κ2) is 4.37. The van der Waals surface area contributed by atoms with Crippen molar-refractivity contribution in [2.24, 2.45) is 0 Å². The molecule has 1 fully saturated rings. The Morgan fingerprint density at radius 2 is 2.06 bits per heavy atom. The summed E-state index contributed by atoms with van der Waals surface area (Å²) < 4.78 is 5.75. The number of anilines is 2. The number of hydrogen-bond donors (Lipinski definition) is 1. The van der Waals surface area contributed by atoms with Gasteiger partial charge in [0, 0.05) is 13.1 Å². The van der Waals surface area contributed by atoms with E-state index in [2.05, 4.69) is 34.8 Å². The molecule has 0 saturated carbocycles. The molecule has 0 amide bonds. The number of ether oxygens (including phenoxy) is 1. The van der Waals surface area contributed by atoms with Crippen LogP contribution < -0.4 is 10.6 Å². The highest BCUT2D eigenvalue weighted by Gasteiger charge is 2.25. The first kappa shape index (κ1) is 11.7. The van der Waals surface area contributed by atoms with E-state index < -0.39 is 0 Å². The lowest BCUT2D eigenvalue weighted by Crippen LogP contribution is -2.46. The zero-order valence-corrected chi connectivity index (χ0v) is 11.3. The average Bonchev–Trinajstić information content (AvgIpc) is 2.74. The highest BCUT2D eigenvalue weighted by atomic mass is 32.1. The maximum absolute atomic E-state index is 5.79. The number of nitrogens with two attached hydrogens (primary N) is 1. The Morgan fingerprint density at radius 1 is 1.33 bits per heavy atom. The summed E-state index contributed by atoms with van der Waals surface area (Å²) in [6.07, 6.45) is 0.414. The zero-order chi connectivity index (χ0) is 12.7. The first-order chi connectivity index (χ1) is 8.63. The Hall–Kier alpha value is -1.40. The second-order valence-electron chi connectivity index (χ2n) is 4.71. The van der Waals surface area contributed by atoms with Crippen LogP contribution in [0.1, 0.15) is 13.8 Å². The van der Waals surface area contributed by atoms with Crippen LogP contribution in [0.2, 0.25) is 0 Å². The van der Waals surface area contributed by atoms with E-state index in [1.807, 2.05) is 5.38 Å². The molecule has 3 heterocycles. The summed E-state index contributed by atoms with van der Waals surface area (Å²) in [4.78, 5) is 11.9. The van der Waals surface area contributed by atoms with E-state index in [9.17, 15) is 0 Å². The number of fused-ring (bicyclic) bond motifs is 1. The van der Waals surface area contributed by atoms with Gasteiger partial charge in [-0.05, 0) is 25.3 Å². The van der Waals surface area contributed by atoms with Gasteiger partial charge in [0.25, 0.3) is 0 Å². The quantitative estimate of drug-likeness (QED) is 0.852. The van der Waals surface area contributed by atoms with Crippen LogP contribution in [0.25, 0.3) is 10.2 Å². The molecule has 96 valence electrons. The van der Waals surface area contributed by atoms with E-state index in [1.165, 1.54) is 0 Å². The lowest BCUT2D eigenvalue weighted by atomic mass is 10.2. The van der Waals surface area contributed by atoms with Crippen LogP contribution in [0.3, 0.4) is 0 Å². The van der Waals surface area contributed by atoms with Gasteiger partial charge in [0.05, 0.1) is 17.6 Å². The summed E-state index contributed by atoms with van der Waals surface area (Å²) in [5.74, 6) is 1.27. The maximum atomic E-state index is 5.79. The average molecular weight is 264 g/mol. The number of nitrogen functional groups attached to an aromatic ring is 1. The fraction of sp³-hybridized carbons (Fsp3) is 0.500. The van der Waals surface area contributed by atoms with E-state index in [1.54, 1.807) is 11.3 Å². The van der Waals surface area contributed by atoms with Crippen molar-refractivity contribution >= 4 is 33.3 Å². The predicted octanol–water partition coefficient (Wildman–Crippen LogP) is 1.89. The molecule has 18 heavy (non-hydrogen) atoms. The Kier molecular flexibility index (Phi) is 2.83. The molecule has 5 nitrogen and oxygen atoms in total. The van der Waals surface area contributed by atoms with Crippen LogP contribution in [-0.4, -0.2) is 35.3 Å². The van der Waals surface area contributed by atoms with Crippen molar-refractivity contribution in [3.05, 3.63) is 11.4 Å². The Morgan fingerprint density at radius 3 is 2.78 bits per heavy atom. The minimum Gasteiger partial charge on any atom is -0.372 e. The van der Waals surface area contributed by atoms with Crippen LogP contribution in [0.5, 0.6) is 0 Å². The summed E-state index contributed by atoms with van der Waals surface area (Å²) >= 11 is 1.59. The zero-order valence-electron chi connectivity index (χ0n) is 10.5. The standard InChI is InChI=1S/C12H16N4OS/c1-7-5-16(6-8(2)17-7)10-9-3-4-18-11(9)15-12(13)14-10/h3-4,7-8H,5-6H2,1-2H3,(H2,13,14,15)/t7-,8+. The van der Waals surface area contributed by atoms with Crippen molar-refractivity contribution in [1.29, 1.82) is 0 Å². The van der Waals surface area contributed by atoms with E-state index in [0.29, 0.717) is 5.95 Å². The molecule has 2 aromatic heterocycles. The van der Waals surface area contributed by atoms with Crippen molar-refractivity contribution in [3.63, 3.8) is 0 Å². The third kappa shape index (κ3) is 2.02. The summed E-state index contributed by atoms with van der Waals surface area (Å²) in [6.45, 7) is 5.84. The van der Waals surface area contributed by atoms with E-state index >= 15 is 0 Å². The number of nitrogens with zero attached hydrogens (tertiary/aromatic N) is 3. The van der Waals surface area contributed by atoms with Crippen molar-refractivity contribution in [2.45, 2.75) is 26.1 Å². The van der Waals surface area contributed by atoms with Gasteiger partial charge < -0.3 is 15.4 Å². The molecule has 3 rings (SSSR count). The summed E-state index contributed by atoms with van der Waals surface area (Å²) in [5, 5.41) is 3.10. The molecular weight excluding hydrogens is 248 g/mol. The van der Waals surface area contributed by atoms with Gasteiger partial charge in [-0.15, -0.1) is 11.3 Å². The Labute approximate surface area is 110 Å². The molecule has 1 aliphatic heterocycles. The first-order valence-corrected chi connectivity index (χ1v) is 6.92. The van der Waals surface area contributed by atoms with Crippen LogP contribution in [-0.2, 0) is 4.74 Å². The minimum absolute atomic E-state index is 0.207. The molecule has 2 N–H and O–H groups in total. The number of hydrogen-bond acceptors (Lipinski definition) is 6. The Balaban J connectivity index is 2.05. The van der Waals surface area contributed by atoms with Crippen molar-refractivity contribution in [2.75, 3.05) is 23.7 Å². The van der Waals surface area contributed by atoms with Crippen molar-refractivity contribution in [3.8, 4) is 0 Å². The monoisotopic (exact) mass is 264 g/mol. The number of aromatic nitrogens is 2. The largest absolute Gasteiger partial charge is 0.372 e. The molecule has 2 aromatic rings. The predicted molar refractivity (Wildman–Crippen MR) is 74.0 cm³/mol. The SMILES string of the molecule is C[C@@H]1CN(c2nc(N)nc3sccc23)C[C@H](C)O1. The summed E-state index contributed by atoms with van der Waals surface area (Å²) in [5.41, 5.74) is 5.79. The van der Waals surface area contributed by atoms with Gasteiger partial charge in [-0.3, -0.25) is 0 Å². The van der Waals surface area contributed by atoms with Gasteiger partial charge in [-0.1, -0.05) is 0 Å². The van der Waals surface area contributed by atoms with Gasteiger partial charge in [-0.25, -0.2) is 4.98 Å². The molecule has 6 heteroatoms. The lowest BCUT2D eigenvalue weighted by Gasteiger charge is -2.36. The van der Waals surface area contributed by atoms with Gasteiger partial charge in [0.2, 0.25) is 5.95 Å². The minimum atomic E-state index is 0.207. The van der Waals surface area contributed by atoms with Crippen LogP contribution in [0.4, 0.5) is 11.8 Å². The molecule has 1 aliphatic rings. The number of rotatable bonds is 1. The van der Waals surface area contributed by atoms with Crippen molar-refractivity contribution < 1.29 is 4.74 Å². The van der Waals surface area contributed by atoms with Crippen LogP contribution in [0, 0.1) is 0 Å². The highest BCUT2D eigenvalue weighted by molar-refractivity contribution is 7.16. The third-order valence-electron chi connectivity index (χ3n) is 3.04. The van der Waals surface area contributed by atoms with Crippen molar-refractivity contribution in [1.82, 2.24) is 9.97 Å². The smallest absolute Gasteiger partial charge is 0.223 e. The normalized spacial score (nSPS) is 24.7. The molecular formula is C12H16N4OS. The molecule has 0 radical (unpaired) electrons. The molecule has 1 saturated heterocycles. The topological polar surface area (TPSA) is 64.3 Å². The molecule has 0 spiro atoms. The van der Waals surface area contributed by atoms with Gasteiger partial charge in [0.1, 0.15) is 10.6 Å². The molecule has 0 bridgehead atoms. The lowest BCUT2D eigenvalue weighted by molar-refractivity contribution is -0.00536. The number of morpholine rings is 1. The van der Waals surface area contributed by atoms with Gasteiger partial charge >= 0.3 is 0 Å². The molecule has 0 aliphatic carbocycles. The second-order valence-corrected chi connectivity index (χ2v) is 5.60. The fourth-order valence-corrected chi connectivity index (χ4v) is 3.21. The maximum Gasteiger partial charge on any atom is 0.223 e. The molecule has 0 unspecified atom stereocenters. The van der Waals surface area contributed by atoms with E-state index in [-0.39, 0.29) is 12.2 Å². The molecule has 0 aromatic carbocycles. The Bertz CT molecular complexity index is 560.